The zero-order chi connectivity index (χ0) is 9.56. The molecule has 0 aliphatic carbocycles. The Labute approximate surface area is 74.0 Å². The summed E-state index contributed by atoms with van der Waals surface area (Å²) in [4.78, 5) is 11.1. The van der Waals surface area contributed by atoms with Gasteiger partial charge in [0.15, 0.2) is 5.78 Å². The molecule has 0 N–H and O–H groups in total. The molecule has 12 heavy (non-hydrogen) atoms. The highest BCUT2D eigenvalue weighted by molar-refractivity contribution is 5.82. The average Bonchev–Trinajstić information content (AvgIpc) is 2.03. The molecule has 0 radical (unpaired) electrons. The van der Waals surface area contributed by atoms with Gasteiger partial charge in [0.05, 0.1) is 12.7 Å². The van der Waals surface area contributed by atoms with E-state index in [1.807, 2.05) is 13.8 Å². The minimum Gasteiger partial charge on any atom is -0.382 e. The van der Waals surface area contributed by atoms with Crippen molar-refractivity contribution in [3.8, 4) is 0 Å². The standard InChI is InChI=1S/C9H18O3/c1-5-9(10)8(3)12-7(2)6-11-4/h7-8H,5-6H2,1-4H3. The van der Waals surface area contributed by atoms with Crippen molar-refractivity contribution in [3.05, 3.63) is 0 Å². The van der Waals surface area contributed by atoms with Gasteiger partial charge in [0.1, 0.15) is 6.10 Å². The zero-order valence-electron chi connectivity index (χ0n) is 8.29. The molecule has 0 spiro atoms. The van der Waals surface area contributed by atoms with Crippen LogP contribution >= 0.6 is 0 Å². The van der Waals surface area contributed by atoms with Gasteiger partial charge in [0, 0.05) is 13.5 Å². The molecule has 0 aromatic carbocycles. The maximum absolute atomic E-state index is 11.1. The molecular weight excluding hydrogens is 156 g/mol. The third kappa shape index (κ3) is 4.46. The predicted molar refractivity (Wildman–Crippen MR) is 47.2 cm³/mol. The van der Waals surface area contributed by atoms with Crippen LogP contribution in [-0.2, 0) is 14.3 Å². The number of hydrogen-bond donors (Lipinski definition) is 0. The van der Waals surface area contributed by atoms with Crippen molar-refractivity contribution in [2.75, 3.05) is 13.7 Å². The first-order valence-electron chi connectivity index (χ1n) is 4.28. The van der Waals surface area contributed by atoms with E-state index in [0.717, 1.165) is 0 Å². The van der Waals surface area contributed by atoms with E-state index in [1.54, 1.807) is 14.0 Å². The number of ketones is 1. The SMILES string of the molecule is CCC(=O)C(C)OC(C)COC. The van der Waals surface area contributed by atoms with Crippen molar-refractivity contribution < 1.29 is 14.3 Å². The smallest absolute Gasteiger partial charge is 0.161 e. The Morgan fingerprint density at radius 1 is 1.42 bits per heavy atom. The quantitative estimate of drug-likeness (QED) is 0.610. The van der Waals surface area contributed by atoms with Gasteiger partial charge in [-0.1, -0.05) is 6.92 Å². The van der Waals surface area contributed by atoms with Gasteiger partial charge in [-0.3, -0.25) is 4.79 Å². The number of ether oxygens (including phenoxy) is 2. The van der Waals surface area contributed by atoms with Gasteiger partial charge in [-0.15, -0.1) is 0 Å². The van der Waals surface area contributed by atoms with E-state index in [2.05, 4.69) is 0 Å². The van der Waals surface area contributed by atoms with Gasteiger partial charge in [0.25, 0.3) is 0 Å². The van der Waals surface area contributed by atoms with E-state index in [0.29, 0.717) is 13.0 Å². The average molecular weight is 174 g/mol. The number of Topliss-reactive ketones (excluding diaryl/α,β-unsaturated/α-hetero) is 1. The third-order valence-corrected chi connectivity index (χ3v) is 1.64. The molecule has 0 aromatic heterocycles. The summed E-state index contributed by atoms with van der Waals surface area (Å²) in [5.74, 6) is 0.137. The van der Waals surface area contributed by atoms with Crippen LogP contribution in [0, 0.1) is 0 Å². The molecule has 0 fully saturated rings. The van der Waals surface area contributed by atoms with Crippen LogP contribution in [-0.4, -0.2) is 31.7 Å². The van der Waals surface area contributed by atoms with Crippen LogP contribution in [0.2, 0.25) is 0 Å². The van der Waals surface area contributed by atoms with Gasteiger partial charge in [-0.05, 0) is 13.8 Å². The van der Waals surface area contributed by atoms with Crippen LogP contribution in [0.3, 0.4) is 0 Å². The first kappa shape index (κ1) is 11.6. The lowest BCUT2D eigenvalue weighted by Crippen LogP contribution is -2.27. The zero-order valence-corrected chi connectivity index (χ0v) is 8.29. The Morgan fingerprint density at radius 3 is 2.42 bits per heavy atom. The summed E-state index contributed by atoms with van der Waals surface area (Å²) in [7, 11) is 1.62. The molecular formula is C9H18O3. The fourth-order valence-electron chi connectivity index (χ4n) is 0.986. The van der Waals surface area contributed by atoms with Crippen molar-refractivity contribution in [1.82, 2.24) is 0 Å². The van der Waals surface area contributed by atoms with Gasteiger partial charge >= 0.3 is 0 Å². The molecule has 0 bridgehead atoms. The van der Waals surface area contributed by atoms with E-state index < -0.39 is 0 Å². The van der Waals surface area contributed by atoms with Crippen LogP contribution in [0.15, 0.2) is 0 Å². The number of rotatable bonds is 6. The Hall–Kier alpha value is -0.410. The molecule has 0 aliphatic rings. The summed E-state index contributed by atoms with van der Waals surface area (Å²) in [6.07, 6.45) is 0.210. The lowest BCUT2D eigenvalue weighted by Gasteiger charge is -2.16. The first-order valence-corrected chi connectivity index (χ1v) is 4.28. The second kappa shape index (κ2) is 6.14. The highest BCUT2D eigenvalue weighted by Gasteiger charge is 2.14. The molecule has 2 atom stereocenters. The Morgan fingerprint density at radius 2 is 2.00 bits per heavy atom. The van der Waals surface area contributed by atoms with Crippen molar-refractivity contribution in [1.29, 1.82) is 0 Å². The lowest BCUT2D eigenvalue weighted by atomic mass is 10.2. The monoisotopic (exact) mass is 174 g/mol. The molecule has 0 saturated carbocycles. The molecule has 0 saturated heterocycles. The minimum absolute atomic E-state index is 0.0134. The number of methoxy groups -OCH3 is 1. The maximum atomic E-state index is 11.1. The number of carbonyl (C=O) groups excluding carboxylic acids is 1. The first-order chi connectivity index (χ1) is 5.61. The van der Waals surface area contributed by atoms with E-state index in [9.17, 15) is 4.79 Å². The van der Waals surface area contributed by atoms with Gasteiger partial charge in [0.2, 0.25) is 0 Å². The van der Waals surface area contributed by atoms with E-state index in [4.69, 9.17) is 9.47 Å². The number of carbonyl (C=O) groups is 1. The van der Waals surface area contributed by atoms with Gasteiger partial charge < -0.3 is 9.47 Å². The maximum Gasteiger partial charge on any atom is 0.161 e. The molecule has 3 nitrogen and oxygen atoms in total. The highest BCUT2D eigenvalue weighted by atomic mass is 16.5. The summed E-state index contributed by atoms with van der Waals surface area (Å²) >= 11 is 0. The summed E-state index contributed by atoms with van der Waals surface area (Å²) in [5.41, 5.74) is 0. The van der Waals surface area contributed by atoms with E-state index >= 15 is 0 Å². The topological polar surface area (TPSA) is 35.5 Å². The Balaban J connectivity index is 3.67. The molecule has 72 valence electrons. The molecule has 0 heterocycles. The largest absolute Gasteiger partial charge is 0.382 e. The van der Waals surface area contributed by atoms with Crippen LogP contribution in [0.1, 0.15) is 27.2 Å². The lowest BCUT2D eigenvalue weighted by molar-refractivity contribution is -0.133. The minimum atomic E-state index is -0.305. The number of hydrogen-bond acceptors (Lipinski definition) is 3. The highest BCUT2D eigenvalue weighted by Crippen LogP contribution is 2.01. The van der Waals surface area contributed by atoms with Gasteiger partial charge in [-0.25, -0.2) is 0 Å². The summed E-state index contributed by atoms with van der Waals surface area (Å²) < 4.78 is 10.3. The van der Waals surface area contributed by atoms with Crippen LogP contribution in [0.25, 0.3) is 0 Å². The summed E-state index contributed by atoms with van der Waals surface area (Å²) in [5, 5.41) is 0. The van der Waals surface area contributed by atoms with Crippen molar-refractivity contribution in [2.24, 2.45) is 0 Å². The predicted octanol–water partition coefficient (Wildman–Crippen LogP) is 1.41. The normalized spacial score (nSPS) is 15.7. The van der Waals surface area contributed by atoms with Crippen molar-refractivity contribution >= 4 is 5.78 Å². The van der Waals surface area contributed by atoms with E-state index in [-0.39, 0.29) is 18.0 Å². The van der Waals surface area contributed by atoms with Crippen molar-refractivity contribution in [3.63, 3.8) is 0 Å². The second-order valence-electron chi connectivity index (χ2n) is 2.86. The molecule has 0 rings (SSSR count). The third-order valence-electron chi connectivity index (χ3n) is 1.64. The second-order valence-corrected chi connectivity index (χ2v) is 2.86. The fourth-order valence-corrected chi connectivity index (χ4v) is 0.986. The molecule has 0 amide bonds. The van der Waals surface area contributed by atoms with Crippen LogP contribution in [0.5, 0.6) is 0 Å². The van der Waals surface area contributed by atoms with Crippen LogP contribution in [0.4, 0.5) is 0 Å². The fraction of sp³-hybridized carbons (Fsp3) is 0.889. The molecule has 0 aliphatic heterocycles. The van der Waals surface area contributed by atoms with Crippen molar-refractivity contribution in [2.45, 2.75) is 39.4 Å². The molecule has 3 heteroatoms. The van der Waals surface area contributed by atoms with E-state index in [1.165, 1.54) is 0 Å². The summed E-state index contributed by atoms with van der Waals surface area (Å²) in [6.45, 7) is 6.03. The Bertz CT molecular complexity index is 134. The van der Waals surface area contributed by atoms with Crippen LogP contribution < -0.4 is 0 Å². The molecule has 2 unspecified atom stereocenters. The van der Waals surface area contributed by atoms with Gasteiger partial charge in [-0.2, -0.15) is 0 Å². The summed E-state index contributed by atoms with van der Waals surface area (Å²) in [6, 6.07) is 0. The molecule has 0 aromatic rings. The Kier molecular flexibility index (Phi) is 5.93.